The van der Waals surface area contributed by atoms with Crippen LogP contribution in [0, 0.1) is 5.92 Å². The van der Waals surface area contributed by atoms with Crippen molar-refractivity contribution < 1.29 is 51.7 Å². The van der Waals surface area contributed by atoms with E-state index < -0.39 is 25.2 Å². The van der Waals surface area contributed by atoms with Gasteiger partial charge in [-0.25, -0.2) is 0 Å². The fourth-order valence-corrected chi connectivity index (χ4v) is 2.59. The molecule has 0 atom stereocenters. The average molecular weight is 462 g/mol. The zero-order valence-electron chi connectivity index (χ0n) is 19.1. The van der Waals surface area contributed by atoms with Crippen molar-refractivity contribution in [3.63, 3.8) is 0 Å². The van der Waals surface area contributed by atoms with Crippen LogP contribution in [0.5, 0.6) is 0 Å². The smallest absolute Gasteiger partial charge is 0.855 e. The van der Waals surface area contributed by atoms with Crippen molar-refractivity contribution in [3.05, 3.63) is 12.7 Å². The van der Waals surface area contributed by atoms with Crippen LogP contribution in [-0.2, 0) is 31.3 Å². The van der Waals surface area contributed by atoms with Crippen LogP contribution in [0.25, 0.3) is 0 Å². The van der Waals surface area contributed by atoms with Crippen LogP contribution in [0.1, 0.15) is 104 Å². The third-order valence-corrected chi connectivity index (χ3v) is 4.16. The Balaban J connectivity index is -0.000000283. The summed E-state index contributed by atoms with van der Waals surface area (Å²) in [5.74, 6) is -1.27. The molecule has 0 saturated carbocycles. The van der Waals surface area contributed by atoms with E-state index >= 15 is 0 Å². The van der Waals surface area contributed by atoms with Gasteiger partial charge >= 0.3 is 21.7 Å². The zero-order valence-corrected chi connectivity index (χ0v) is 20.7. The molecule has 0 aliphatic carbocycles. The number of carbonyl (C=O) groups is 2. The fraction of sp³-hybridized carbons (Fsp3) is 0.826. The minimum Gasteiger partial charge on any atom is -0.855 e. The molecule has 7 heteroatoms. The van der Waals surface area contributed by atoms with Gasteiger partial charge in [-0.3, -0.25) is 0 Å². The Bertz CT molecular complexity index is 360. The number of hydrogen-bond acceptors (Lipinski definition) is 6. The van der Waals surface area contributed by atoms with Crippen molar-refractivity contribution in [2.75, 3.05) is 13.2 Å². The van der Waals surface area contributed by atoms with E-state index in [4.69, 9.17) is 20.1 Å². The molecule has 6 nitrogen and oxygen atoms in total. The number of carbonyl (C=O) groups excluding carboxylic acids is 2. The summed E-state index contributed by atoms with van der Waals surface area (Å²) >= 11 is 0. The molecule has 0 radical (unpaired) electrons. The average Bonchev–Trinajstić information content (AvgIpc) is 2.68. The monoisotopic (exact) mass is 462 g/mol. The number of unbranched alkanes of at least 4 members (excludes halogenated alkanes) is 11. The summed E-state index contributed by atoms with van der Waals surface area (Å²) in [5, 5.41) is 37.3. The Morgan fingerprint density at radius 3 is 1.27 bits per heavy atom. The van der Waals surface area contributed by atoms with Gasteiger partial charge in [0.15, 0.2) is 0 Å². The van der Waals surface area contributed by atoms with Crippen molar-refractivity contribution >= 4 is 11.9 Å². The molecule has 0 aliphatic rings. The molecule has 0 rings (SSSR count). The summed E-state index contributed by atoms with van der Waals surface area (Å²) in [6.45, 7) is 6.53. The second kappa shape index (κ2) is 33.0. The summed E-state index contributed by atoms with van der Waals surface area (Å²) in [6, 6.07) is 0. The van der Waals surface area contributed by atoms with Gasteiger partial charge in [-0.05, 0) is 24.8 Å². The third-order valence-electron chi connectivity index (χ3n) is 4.16. The Hall–Kier alpha value is -0.686. The molecule has 0 spiro atoms. The summed E-state index contributed by atoms with van der Waals surface area (Å²) in [5.41, 5.74) is 0. The van der Waals surface area contributed by atoms with E-state index in [-0.39, 0.29) is 28.1 Å². The molecule has 0 bridgehead atoms. The number of rotatable bonds is 17. The first-order valence-electron chi connectivity index (χ1n) is 11.0. The van der Waals surface area contributed by atoms with Crippen molar-refractivity contribution in [3.8, 4) is 0 Å². The van der Waals surface area contributed by atoms with Crippen molar-refractivity contribution in [1.29, 1.82) is 0 Å². The van der Waals surface area contributed by atoms with E-state index in [0.29, 0.717) is 0 Å². The van der Waals surface area contributed by atoms with Gasteiger partial charge in [0.2, 0.25) is 0 Å². The van der Waals surface area contributed by atoms with E-state index in [9.17, 15) is 9.90 Å². The van der Waals surface area contributed by atoms with Gasteiger partial charge in [0.1, 0.15) is 0 Å². The minimum atomic E-state index is -1.23. The van der Waals surface area contributed by atoms with Gasteiger partial charge < -0.3 is 30.0 Å². The zero-order chi connectivity index (χ0) is 22.8. The molecular formula is C23H42O6Ti. The predicted octanol–water partition coefficient (Wildman–Crippen LogP) is 1.48. The molecule has 0 saturated heterocycles. The Morgan fingerprint density at radius 2 is 1.03 bits per heavy atom. The van der Waals surface area contributed by atoms with Crippen molar-refractivity contribution in [2.45, 2.75) is 104 Å². The molecule has 174 valence electrons. The maximum absolute atomic E-state index is 10.2. The topological polar surface area (TPSA) is 126 Å². The molecular weight excluding hydrogens is 420 g/mol. The van der Waals surface area contributed by atoms with E-state index in [2.05, 4.69) is 20.4 Å². The van der Waals surface area contributed by atoms with E-state index in [1.807, 2.05) is 0 Å². The standard InChI is InChI=1S/C18H36O2.C3H4O2.C2H4O2.Ti/c1-17(2)15-13-11-9-7-5-3-4-6-8-10-12-14-16-18(19)20;1-2-3(4)5;3-1-2-4;/h17H,3-16H2,1-2H3,(H,19,20);2H,1H2,(H,4,5);1-2H2;/q;;-2;+4/p-2. The van der Waals surface area contributed by atoms with Crippen LogP contribution >= 0.6 is 0 Å². The van der Waals surface area contributed by atoms with Crippen LogP contribution < -0.4 is 20.4 Å². The van der Waals surface area contributed by atoms with Crippen LogP contribution in [-0.4, -0.2) is 25.2 Å². The molecule has 30 heavy (non-hydrogen) atoms. The van der Waals surface area contributed by atoms with Gasteiger partial charge in [0.25, 0.3) is 0 Å². The van der Waals surface area contributed by atoms with E-state index in [1.54, 1.807) is 0 Å². The van der Waals surface area contributed by atoms with Gasteiger partial charge in [-0.1, -0.05) is 97.5 Å². The van der Waals surface area contributed by atoms with E-state index in [1.165, 1.54) is 70.6 Å². The molecule has 0 aromatic rings. The van der Waals surface area contributed by atoms with Gasteiger partial charge in [0.05, 0.1) is 5.97 Å². The number of hydrogen-bond donors (Lipinski definition) is 0. The number of carboxylic acids is 2. The Labute approximate surface area is 199 Å². The maximum atomic E-state index is 10.2. The first-order valence-corrected chi connectivity index (χ1v) is 11.0. The summed E-state index contributed by atoms with van der Waals surface area (Å²) in [4.78, 5) is 19.4. The molecule has 0 unspecified atom stereocenters. The fourth-order valence-electron chi connectivity index (χ4n) is 2.59. The SMILES string of the molecule is C=CC(=O)[O-].CC(C)CCCCCCCCCCCCCCC(=O)[O-].[O-]CC[O-].[Ti+4]. The first kappa shape index (κ1) is 36.7. The molecule has 0 aromatic carbocycles. The molecule has 0 amide bonds. The molecule has 0 aromatic heterocycles. The van der Waals surface area contributed by atoms with Gasteiger partial charge in [0, 0.05) is 5.97 Å². The van der Waals surface area contributed by atoms with Crippen LogP contribution in [0.4, 0.5) is 0 Å². The maximum Gasteiger partial charge on any atom is 4.00 e. The third kappa shape index (κ3) is 50.7. The van der Waals surface area contributed by atoms with Gasteiger partial charge in [-0.15, -0.1) is 0 Å². The molecule has 0 fully saturated rings. The van der Waals surface area contributed by atoms with Crippen LogP contribution in [0.15, 0.2) is 12.7 Å². The predicted molar refractivity (Wildman–Crippen MR) is 109 cm³/mol. The van der Waals surface area contributed by atoms with Crippen molar-refractivity contribution in [1.82, 2.24) is 0 Å². The normalized spacial score (nSPS) is 9.50. The largest absolute Gasteiger partial charge is 4.00 e. The summed E-state index contributed by atoms with van der Waals surface area (Å²) in [7, 11) is 0. The van der Waals surface area contributed by atoms with Gasteiger partial charge in [-0.2, -0.15) is 13.2 Å². The summed E-state index contributed by atoms with van der Waals surface area (Å²) in [6.07, 6.45) is 17.7. The first-order chi connectivity index (χ1) is 13.8. The molecule has 0 aliphatic heterocycles. The molecule has 0 heterocycles. The van der Waals surface area contributed by atoms with Crippen molar-refractivity contribution in [2.24, 2.45) is 5.92 Å². The Morgan fingerprint density at radius 1 is 0.733 bits per heavy atom. The van der Waals surface area contributed by atoms with E-state index in [0.717, 1.165) is 24.8 Å². The Kier molecular flexibility index (Phi) is 40.3. The van der Waals surface area contributed by atoms with Crippen LogP contribution in [0.3, 0.4) is 0 Å². The quantitative estimate of drug-likeness (QED) is 0.183. The number of carboxylic acid groups (broad SMARTS) is 2. The second-order valence-electron chi connectivity index (χ2n) is 7.48. The summed E-state index contributed by atoms with van der Waals surface area (Å²) < 4.78 is 0. The second-order valence-corrected chi connectivity index (χ2v) is 7.48. The molecule has 0 N–H and O–H groups in total. The van der Waals surface area contributed by atoms with Crippen LogP contribution in [0.2, 0.25) is 0 Å². The minimum absolute atomic E-state index is 0. The number of aliphatic carboxylic acids is 2.